The highest BCUT2D eigenvalue weighted by Crippen LogP contribution is 2.26. The van der Waals surface area contributed by atoms with Crippen molar-refractivity contribution in [2.24, 2.45) is 0 Å². The number of nitrogens with one attached hydrogen (secondary N) is 1. The topological polar surface area (TPSA) is 99.0 Å². The summed E-state index contributed by atoms with van der Waals surface area (Å²) in [6.07, 6.45) is 4.57. The van der Waals surface area contributed by atoms with Gasteiger partial charge in [0.15, 0.2) is 0 Å². The molecule has 29 heavy (non-hydrogen) atoms. The molecule has 2 saturated heterocycles. The first-order valence-corrected chi connectivity index (χ1v) is 10.2. The van der Waals surface area contributed by atoms with Gasteiger partial charge in [-0.3, -0.25) is 24.6 Å². The fraction of sp³-hybridized carbons (Fsp3) is 0.600. The summed E-state index contributed by atoms with van der Waals surface area (Å²) in [4.78, 5) is 41.6. The van der Waals surface area contributed by atoms with Crippen LogP contribution in [-0.4, -0.2) is 79.4 Å². The van der Waals surface area contributed by atoms with E-state index in [1.54, 1.807) is 6.07 Å². The van der Waals surface area contributed by atoms with Crippen LogP contribution in [0.5, 0.6) is 0 Å². The van der Waals surface area contributed by atoms with Crippen molar-refractivity contribution in [3.8, 4) is 0 Å². The number of non-ortho nitro benzene ring substituents is 1. The van der Waals surface area contributed by atoms with Crippen LogP contribution in [0.3, 0.4) is 0 Å². The molecule has 9 heteroatoms. The first-order valence-electron chi connectivity index (χ1n) is 10.2. The van der Waals surface area contributed by atoms with Crippen LogP contribution in [0.1, 0.15) is 36.0 Å². The summed E-state index contributed by atoms with van der Waals surface area (Å²) >= 11 is 0. The molecule has 0 bridgehead atoms. The number of nitrogens with zero attached hydrogens (tertiary/aromatic N) is 4. The van der Waals surface area contributed by atoms with Crippen LogP contribution in [0, 0.1) is 10.1 Å². The molecular formula is C20H29N5O4. The summed E-state index contributed by atoms with van der Waals surface area (Å²) in [6.45, 7) is 4.89. The maximum absolute atomic E-state index is 12.6. The number of amides is 2. The molecule has 1 N–H and O–H groups in total. The van der Waals surface area contributed by atoms with Crippen LogP contribution in [0.4, 0.5) is 11.4 Å². The van der Waals surface area contributed by atoms with E-state index in [0.717, 1.165) is 25.9 Å². The van der Waals surface area contributed by atoms with E-state index in [1.807, 2.05) is 4.90 Å². The molecule has 2 aliphatic rings. The maximum atomic E-state index is 12.6. The molecular weight excluding hydrogens is 374 g/mol. The zero-order valence-corrected chi connectivity index (χ0v) is 16.9. The lowest BCUT2D eigenvalue weighted by atomic mass is 10.1. The molecule has 2 heterocycles. The second kappa shape index (κ2) is 9.69. The Kier molecular flexibility index (Phi) is 7.03. The Morgan fingerprint density at radius 2 is 1.69 bits per heavy atom. The number of piperazine rings is 1. The number of benzene rings is 1. The number of likely N-dealkylation sites (tertiary alicyclic amines) is 1. The van der Waals surface area contributed by atoms with E-state index >= 15 is 0 Å². The number of carbonyl (C=O) groups is 2. The number of nitro groups is 1. The zero-order chi connectivity index (χ0) is 20.8. The SMILES string of the molecule is CNC(=O)c1cc([N+](=O)[O-])ccc1N1CCN(CC(=O)N2CCCCCC2)CC1. The molecule has 0 spiro atoms. The van der Waals surface area contributed by atoms with Gasteiger partial charge in [-0.15, -0.1) is 0 Å². The molecule has 0 radical (unpaired) electrons. The van der Waals surface area contributed by atoms with Gasteiger partial charge >= 0.3 is 0 Å². The van der Waals surface area contributed by atoms with E-state index in [0.29, 0.717) is 44.0 Å². The first-order chi connectivity index (χ1) is 14.0. The van der Waals surface area contributed by atoms with E-state index in [-0.39, 0.29) is 17.5 Å². The predicted octanol–water partition coefficient (Wildman–Crippen LogP) is 1.48. The lowest BCUT2D eigenvalue weighted by Gasteiger charge is -2.37. The molecule has 158 valence electrons. The Balaban J connectivity index is 1.62. The van der Waals surface area contributed by atoms with Gasteiger partial charge in [-0.2, -0.15) is 0 Å². The van der Waals surface area contributed by atoms with Crippen molar-refractivity contribution in [1.82, 2.24) is 15.1 Å². The molecule has 0 aliphatic carbocycles. The molecule has 9 nitrogen and oxygen atoms in total. The van der Waals surface area contributed by atoms with Gasteiger partial charge < -0.3 is 15.1 Å². The Bertz CT molecular complexity index is 753. The molecule has 2 amide bonds. The highest BCUT2D eigenvalue weighted by molar-refractivity contribution is 6.00. The highest BCUT2D eigenvalue weighted by atomic mass is 16.6. The minimum atomic E-state index is -0.497. The molecule has 0 unspecified atom stereocenters. The number of hydrogen-bond acceptors (Lipinski definition) is 6. The number of anilines is 1. The highest BCUT2D eigenvalue weighted by Gasteiger charge is 2.25. The van der Waals surface area contributed by atoms with Crippen molar-refractivity contribution >= 4 is 23.2 Å². The normalized spacial score (nSPS) is 18.2. The monoisotopic (exact) mass is 403 g/mol. The lowest BCUT2D eigenvalue weighted by molar-refractivity contribution is -0.384. The minimum absolute atomic E-state index is 0.103. The van der Waals surface area contributed by atoms with Gasteiger partial charge in [-0.05, 0) is 18.9 Å². The van der Waals surface area contributed by atoms with Gasteiger partial charge in [0.25, 0.3) is 11.6 Å². The van der Waals surface area contributed by atoms with Crippen LogP contribution >= 0.6 is 0 Å². The van der Waals surface area contributed by atoms with Crippen LogP contribution in [-0.2, 0) is 4.79 Å². The molecule has 0 aromatic heterocycles. The van der Waals surface area contributed by atoms with Gasteiger partial charge in [0.2, 0.25) is 5.91 Å². The van der Waals surface area contributed by atoms with Crippen molar-refractivity contribution in [2.75, 3.05) is 57.8 Å². The van der Waals surface area contributed by atoms with Gasteiger partial charge in [-0.1, -0.05) is 12.8 Å². The summed E-state index contributed by atoms with van der Waals surface area (Å²) in [5.74, 6) is -0.149. The molecule has 2 aliphatic heterocycles. The number of carbonyl (C=O) groups excluding carboxylic acids is 2. The first kappa shape index (κ1) is 21.0. The van der Waals surface area contributed by atoms with E-state index < -0.39 is 4.92 Å². The number of rotatable bonds is 5. The van der Waals surface area contributed by atoms with Crippen LogP contribution in [0.2, 0.25) is 0 Å². The third-order valence-corrected chi connectivity index (χ3v) is 5.69. The average Bonchev–Trinajstić information content (AvgIpc) is 3.03. The molecule has 2 fully saturated rings. The van der Waals surface area contributed by atoms with Gasteiger partial charge in [0.1, 0.15) is 0 Å². The van der Waals surface area contributed by atoms with E-state index in [9.17, 15) is 19.7 Å². The van der Waals surface area contributed by atoms with E-state index in [4.69, 9.17) is 0 Å². The Morgan fingerprint density at radius 3 is 2.28 bits per heavy atom. The smallest absolute Gasteiger partial charge is 0.270 e. The van der Waals surface area contributed by atoms with Gasteiger partial charge in [0.05, 0.1) is 22.7 Å². The van der Waals surface area contributed by atoms with Gasteiger partial charge in [-0.25, -0.2) is 0 Å². The van der Waals surface area contributed by atoms with Crippen molar-refractivity contribution in [3.63, 3.8) is 0 Å². The fourth-order valence-electron chi connectivity index (χ4n) is 3.99. The molecule has 3 rings (SSSR count). The second-order valence-corrected chi connectivity index (χ2v) is 7.60. The van der Waals surface area contributed by atoms with E-state index in [1.165, 1.54) is 32.0 Å². The van der Waals surface area contributed by atoms with Crippen molar-refractivity contribution < 1.29 is 14.5 Å². The van der Waals surface area contributed by atoms with Gasteiger partial charge in [0, 0.05) is 58.4 Å². The quantitative estimate of drug-likeness (QED) is 0.591. The third-order valence-electron chi connectivity index (χ3n) is 5.69. The van der Waals surface area contributed by atoms with E-state index in [2.05, 4.69) is 15.1 Å². The molecule has 0 atom stereocenters. The summed E-state index contributed by atoms with van der Waals surface area (Å²) in [5.41, 5.74) is 0.887. The molecule has 1 aromatic rings. The van der Waals surface area contributed by atoms with Crippen molar-refractivity contribution in [3.05, 3.63) is 33.9 Å². The van der Waals surface area contributed by atoms with Crippen LogP contribution in [0.25, 0.3) is 0 Å². The second-order valence-electron chi connectivity index (χ2n) is 7.60. The molecule has 0 saturated carbocycles. The number of hydrogen-bond donors (Lipinski definition) is 1. The summed E-state index contributed by atoms with van der Waals surface area (Å²) in [7, 11) is 1.51. The third kappa shape index (κ3) is 5.23. The summed E-state index contributed by atoms with van der Waals surface area (Å²) in [6, 6.07) is 4.39. The number of nitro benzene ring substituents is 1. The van der Waals surface area contributed by atoms with Crippen LogP contribution < -0.4 is 10.2 Å². The average molecular weight is 403 g/mol. The van der Waals surface area contributed by atoms with Crippen molar-refractivity contribution in [2.45, 2.75) is 25.7 Å². The lowest BCUT2D eigenvalue weighted by Crippen LogP contribution is -2.50. The fourth-order valence-corrected chi connectivity index (χ4v) is 3.99. The standard InChI is InChI=1S/C20H29N5O4/c1-21-20(27)17-14-16(25(28)29)6-7-18(17)23-12-10-22(11-13-23)15-19(26)24-8-4-2-3-5-9-24/h6-7,14H,2-5,8-13,15H2,1H3,(H,21,27). The van der Waals surface area contributed by atoms with Crippen LogP contribution in [0.15, 0.2) is 18.2 Å². The Morgan fingerprint density at radius 1 is 1.03 bits per heavy atom. The zero-order valence-electron chi connectivity index (χ0n) is 16.9. The summed E-state index contributed by atoms with van der Waals surface area (Å²) < 4.78 is 0. The maximum Gasteiger partial charge on any atom is 0.270 e. The summed E-state index contributed by atoms with van der Waals surface area (Å²) in [5, 5.41) is 13.6. The Labute approximate surface area is 170 Å². The van der Waals surface area contributed by atoms with Crippen molar-refractivity contribution in [1.29, 1.82) is 0 Å². The predicted molar refractivity (Wildman–Crippen MR) is 110 cm³/mol. The Hall–Kier alpha value is -2.68. The molecule has 1 aromatic carbocycles. The largest absolute Gasteiger partial charge is 0.368 e. The minimum Gasteiger partial charge on any atom is -0.368 e.